The largest absolute Gasteiger partial charge is 0.380 e. The molecule has 2 aromatic rings. The van der Waals surface area contributed by atoms with E-state index in [4.69, 9.17) is 16.4 Å². The number of fused-ring (bicyclic) bond motifs is 2. The first kappa shape index (κ1) is 16.1. The van der Waals surface area contributed by atoms with Crippen molar-refractivity contribution in [1.29, 1.82) is 0 Å². The minimum atomic E-state index is -0.271. The van der Waals surface area contributed by atoms with Gasteiger partial charge in [-0.2, -0.15) is 0 Å². The van der Waals surface area contributed by atoms with Crippen LogP contribution in [0.2, 0.25) is 5.02 Å². The molecule has 3 atom stereocenters. The van der Waals surface area contributed by atoms with Crippen molar-refractivity contribution in [2.24, 2.45) is 5.16 Å². The minimum absolute atomic E-state index is 0.271. The summed E-state index contributed by atoms with van der Waals surface area (Å²) in [4.78, 5) is 12.9. The Morgan fingerprint density at radius 3 is 2.58 bits per heavy atom. The Hall–Kier alpha value is -1.43. The molecule has 0 saturated carbocycles. The summed E-state index contributed by atoms with van der Waals surface area (Å²) in [6.07, 6.45) is 6.10. The zero-order valence-electron chi connectivity index (χ0n) is 13.6. The number of rotatable bonds is 4. The molecular weight excluding hydrogens is 342 g/mol. The van der Waals surface area contributed by atoms with Crippen LogP contribution < -0.4 is 0 Å². The number of piperidine rings is 1. The summed E-state index contributed by atoms with van der Waals surface area (Å²) in [6.45, 7) is 0. The molecule has 0 radical (unpaired) electrons. The number of thiazole rings is 1. The van der Waals surface area contributed by atoms with Gasteiger partial charge < -0.3 is 4.84 Å². The first-order chi connectivity index (χ1) is 11.7. The monoisotopic (exact) mass is 361 g/mol. The fraction of sp³-hybridized carbons (Fsp3) is 0.444. The fourth-order valence-electron chi connectivity index (χ4n) is 3.66. The normalized spacial score (nSPS) is 24.8. The molecule has 4 nitrogen and oxygen atoms in total. The lowest BCUT2D eigenvalue weighted by atomic mass is 10.0. The van der Waals surface area contributed by atoms with Gasteiger partial charge in [-0.15, -0.1) is 11.3 Å². The van der Waals surface area contributed by atoms with Crippen LogP contribution >= 0.6 is 22.9 Å². The fourth-order valence-corrected chi connectivity index (χ4v) is 4.47. The third-order valence-electron chi connectivity index (χ3n) is 5.06. The van der Waals surface area contributed by atoms with Crippen LogP contribution in [0.15, 0.2) is 41.0 Å². The van der Waals surface area contributed by atoms with Gasteiger partial charge in [0.05, 0.1) is 5.71 Å². The molecule has 1 aromatic heterocycles. The standard InChI is InChI=1S/C18H20ClN3OS/c1-22-15-6-7-16(22)11-14(10-15)21-23-17(18-20-8-9-24-18)12-2-4-13(19)5-3-12/h2-5,8-9,15-17H,6-7,10-11H2,1H3. The van der Waals surface area contributed by atoms with Crippen LogP contribution in [0.25, 0.3) is 0 Å². The molecule has 24 heavy (non-hydrogen) atoms. The Labute approximate surface area is 151 Å². The zero-order chi connectivity index (χ0) is 16.5. The smallest absolute Gasteiger partial charge is 0.203 e. The summed E-state index contributed by atoms with van der Waals surface area (Å²) < 4.78 is 0. The number of benzene rings is 1. The van der Waals surface area contributed by atoms with Gasteiger partial charge >= 0.3 is 0 Å². The first-order valence-corrected chi connectivity index (χ1v) is 9.55. The molecule has 3 heterocycles. The Balaban J connectivity index is 1.54. The van der Waals surface area contributed by atoms with Gasteiger partial charge in [0.15, 0.2) is 0 Å². The molecule has 1 aromatic carbocycles. The quantitative estimate of drug-likeness (QED) is 0.751. The third kappa shape index (κ3) is 3.21. The second-order valence-electron chi connectivity index (χ2n) is 6.52. The number of hydrogen-bond acceptors (Lipinski definition) is 5. The zero-order valence-corrected chi connectivity index (χ0v) is 15.1. The van der Waals surface area contributed by atoms with Crippen LogP contribution in [0.5, 0.6) is 0 Å². The molecule has 2 saturated heterocycles. The highest BCUT2D eigenvalue weighted by Gasteiger charge is 2.37. The summed E-state index contributed by atoms with van der Waals surface area (Å²) in [5.74, 6) is 0. The Bertz CT molecular complexity index is 700. The van der Waals surface area contributed by atoms with E-state index in [2.05, 4.69) is 22.1 Å². The molecule has 126 valence electrons. The molecule has 0 N–H and O–H groups in total. The van der Waals surface area contributed by atoms with Crippen molar-refractivity contribution >= 4 is 28.6 Å². The second kappa shape index (κ2) is 6.82. The first-order valence-electron chi connectivity index (χ1n) is 8.29. The van der Waals surface area contributed by atoms with Crippen molar-refractivity contribution in [2.75, 3.05) is 7.05 Å². The summed E-state index contributed by atoms with van der Waals surface area (Å²) in [5.41, 5.74) is 2.20. The molecule has 0 aliphatic carbocycles. The number of halogens is 1. The predicted octanol–water partition coefficient (Wildman–Crippen LogP) is 4.52. The van der Waals surface area contributed by atoms with Crippen LogP contribution in [0.4, 0.5) is 0 Å². The van der Waals surface area contributed by atoms with Crippen LogP contribution in [-0.4, -0.2) is 34.7 Å². The van der Waals surface area contributed by atoms with Crippen molar-refractivity contribution < 1.29 is 4.84 Å². The van der Waals surface area contributed by atoms with Crippen molar-refractivity contribution in [2.45, 2.75) is 43.9 Å². The molecule has 2 fully saturated rings. The molecule has 2 aliphatic heterocycles. The SMILES string of the molecule is CN1C2CCC1CC(=NOC(c1ccc(Cl)cc1)c1nccs1)C2. The Kier molecular flexibility index (Phi) is 4.57. The molecule has 4 rings (SSSR count). The van der Waals surface area contributed by atoms with E-state index in [-0.39, 0.29) is 6.10 Å². The van der Waals surface area contributed by atoms with E-state index in [1.807, 2.05) is 29.6 Å². The maximum Gasteiger partial charge on any atom is 0.203 e. The van der Waals surface area contributed by atoms with Gasteiger partial charge in [0.1, 0.15) is 5.01 Å². The maximum absolute atomic E-state index is 6.01. The van der Waals surface area contributed by atoms with Gasteiger partial charge in [0.2, 0.25) is 6.10 Å². The molecule has 2 bridgehead atoms. The van der Waals surface area contributed by atoms with Crippen molar-refractivity contribution in [3.05, 3.63) is 51.4 Å². The van der Waals surface area contributed by atoms with E-state index < -0.39 is 0 Å². The van der Waals surface area contributed by atoms with E-state index in [0.717, 1.165) is 28.4 Å². The van der Waals surface area contributed by atoms with Gasteiger partial charge in [-0.3, -0.25) is 4.90 Å². The highest BCUT2D eigenvalue weighted by atomic mass is 35.5. The Morgan fingerprint density at radius 1 is 1.25 bits per heavy atom. The second-order valence-corrected chi connectivity index (χ2v) is 7.89. The molecule has 2 aliphatic rings. The topological polar surface area (TPSA) is 37.7 Å². The van der Waals surface area contributed by atoms with Crippen LogP contribution in [0.3, 0.4) is 0 Å². The van der Waals surface area contributed by atoms with Gasteiger partial charge in [-0.1, -0.05) is 28.9 Å². The van der Waals surface area contributed by atoms with E-state index in [0.29, 0.717) is 12.1 Å². The van der Waals surface area contributed by atoms with E-state index in [9.17, 15) is 0 Å². The predicted molar refractivity (Wildman–Crippen MR) is 97.7 cm³/mol. The summed E-state index contributed by atoms with van der Waals surface area (Å²) in [6, 6.07) is 8.97. The average molecular weight is 362 g/mol. The van der Waals surface area contributed by atoms with Gasteiger partial charge in [-0.05, 0) is 32.0 Å². The van der Waals surface area contributed by atoms with E-state index in [1.54, 1.807) is 17.5 Å². The van der Waals surface area contributed by atoms with E-state index >= 15 is 0 Å². The molecule has 0 amide bonds. The molecular formula is C18H20ClN3OS. The number of hydrogen-bond donors (Lipinski definition) is 0. The minimum Gasteiger partial charge on any atom is -0.380 e. The van der Waals surface area contributed by atoms with Crippen LogP contribution in [0, 0.1) is 0 Å². The lowest BCUT2D eigenvalue weighted by Crippen LogP contribution is -2.40. The van der Waals surface area contributed by atoms with Gasteiger partial charge in [-0.25, -0.2) is 4.98 Å². The number of oxime groups is 1. The summed E-state index contributed by atoms with van der Waals surface area (Å²) in [7, 11) is 2.23. The number of aromatic nitrogens is 1. The lowest BCUT2D eigenvalue weighted by molar-refractivity contribution is 0.0837. The molecule has 6 heteroatoms. The summed E-state index contributed by atoms with van der Waals surface area (Å²) >= 11 is 7.59. The van der Waals surface area contributed by atoms with E-state index in [1.165, 1.54) is 18.6 Å². The highest BCUT2D eigenvalue weighted by Crippen LogP contribution is 2.34. The molecule has 3 unspecified atom stereocenters. The van der Waals surface area contributed by atoms with Crippen LogP contribution in [-0.2, 0) is 4.84 Å². The Morgan fingerprint density at radius 2 is 1.96 bits per heavy atom. The van der Waals surface area contributed by atoms with Crippen molar-refractivity contribution in [1.82, 2.24) is 9.88 Å². The van der Waals surface area contributed by atoms with Crippen molar-refractivity contribution in [3.8, 4) is 0 Å². The number of nitrogens with zero attached hydrogens (tertiary/aromatic N) is 3. The van der Waals surface area contributed by atoms with Gasteiger partial charge in [0.25, 0.3) is 0 Å². The average Bonchev–Trinajstić information content (AvgIpc) is 3.16. The lowest BCUT2D eigenvalue weighted by Gasteiger charge is -2.31. The summed E-state index contributed by atoms with van der Waals surface area (Å²) in [5, 5.41) is 8.13. The maximum atomic E-state index is 6.01. The van der Waals surface area contributed by atoms with Crippen molar-refractivity contribution in [3.63, 3.8) is 0 Å². The third-order valence-corrected chi connectivity index (χ3v) is 6.13. The van der Waals surface area contributed by atoms with Crippen LogP contribution in [0.1, 0.15) is 42.4 Å². The molecule has 0 spiro atoms. The highest BCUT2D eigenvalue weighted by molar-refractivity contribution is 7.09. The van der Waals surface area contributed by atoms with Gasteiger partial charge in [0, 0.05) is 47.1 Å².